The first-order valence-electron chi connectivity index (χ1n) is 6.28. The van der Waals surface area contributed by atoms with Gasteiger partial charge in [0.15, 0.2) is 5.78 Å². The predicted molar refractivity (Wildman–Crippen MR) is 73.5 cm³/mol. The maximum absolute atomic E-state index is 12.2. The molecule has 1 aromatic heterocycles. The Balaban J connectivity index is 2.33. The third-order valence-electron chi connectivity index (χ3n) is 3.45. The van der Waals surface area contributed by atoms with E-state index in [9.17, 15) is 4.79 Å². The lowest BCUT2D eigenvalue weighted by molar-refractivity contribution is 0.0935. The molecule has 3 nitrogen and oxygen atoms in total. The van der Waals surface area contributed by atoms with Crippen LogP contribution in [0.3, 0.4) is 0 Å². The summed E-state index contributed by atoms with van der Waals surface area (Å²) >= 11 is 0. The molecule has 0 fully saturated rings. The minimum atomic E-state index is -0.427. The maximum Gasteiger partial charge on any atom is 0.179 e. The quantitative estimate of drug-likeness (QED) is 0.839. The number of nitrogens with zero attached hydrogens (tertiary/aromatic N) is 1. The fourth-order valence-corrected chi connectivity index (χ4v) is 1.93. The van der Waals surface area contributed by atoms with E-state index in [0.29, 0.717) is 5.56 Å². The van der Waals surface area contributed by atoms with Crippen molar-refractivity contribution in [3.8, 4) is 0 Å². The fraction of sp³-hybridized carbons (Fsp3) is 0.333. The van der Waals surface area contributed by atoms with Gasteiger partial charge in [-0.3, -0.25) is 9.78 Å². The first-order valence-corrected chi connectivity index (χ1v) is 6.28. The molecule has 0 aliphatic carbocycles. The molecule has 2 unspecified atom stereocenters. The van der Waals surface area contributed by atoms with Crippen LogP contribution in [0, 0.1) is 5.92 Å². The second kappa shape index (κ2) is 5.27. The van der Waals surface area contributed by atoms with E-state index in [1.54, 1.807) is 12.3 Å². The Morgan fingerprint density at radius 1 is 1.39 bits per heavy atom. The zero-order valence-corrected chi connectivity index (χ0v) is 10.8. The van der Waals surface area contributed by atoms with Crippen LogP contribution in [0.4, 0.5) is 0 Å². The second-order valence-corrected chi connectivity index (χ2v) is 4.69. The number of fused-ring (bicyclic) bond motifs is 1. The van der Waals surface area contributed by atoms with E-state index in [1.807, 2.05) is 38.1 Å². The normalized spacial score (nSPS) is 14.4. The molecule has 0 bridgehead atoms. The zero-order chi connectivity index (χ0) is 13.1. The molecule has 2 N–H and O–H groups in total. The number of pyridine rings is 1. The van der Waals surface area contributed by atoms with Crippen LogP contribution in [0.1, 0.15) is 30.6 Å². The third-order valence-corrected chi connectivity index (χ3v) is 3.45. The first kappa shape index (κ1) is 12.7. The summed E-state index contributed by atoms with van der Waals surface area (Å²) in [6.45, 7) is 4.05. The lowest BCUT2D eigenvalue weighted by atomic mass is 9.92. The molecule has 0 aliphatic rings. The highest BCUT2D eigenvalue weighted by atomic mass is 16.1. The smallest absolute Gasteiger partial charge is 0.179 e. The predicted octanol–water partition coefficient (Wildman–Crippen LogP) is 2.79. The molecule has 3 heteroatoms. The van der Waals surface area contributed by atoms with Crippen LogP contribution in [0.25, 0.3) is 10.9 Å². The lowest BCUT2D eigenvalue weighted by Crippen LogP contribution is -2.36. The lowest BCUT2D eigenvalue weighted by Gasteiger charge is -2.17. The van der Waals surface area contributed by atoms with E-state index in [4.69, 9.17) is 5.73 Å². The molecule has 2 aromatic rings. The highest BCUT2D eigenvalue weighted by Gasteiger charge is 2.20. The number of Topliss-reactive ketones (excluding diaryl/α,β-unsaturated/α-hetero) is 1. The van der Waals surface area contributed by atoms with Crippen LogP contribution in [-0.4, -0.2) is 16.8 Å². The number of aromatic nitrogens is 1. The van der Waals surface area contributed by atoms with E-state index in [1.165, 1.54) is 0 Å². The maximum atomic E-state index is 12.2. The molecule has 18 heavy (non-hydrogen) atoms. The van der Waals surface area contributed by atoms with E-state index >= 15 is 0 Å². The number of benzene rings is 1. The van der Waals surface area contributed by atoms with Crippen molar-refractivity contribution in [2.75, 3.05) is 0 Å². The molecule has 0 spiro atoms. The van der Waals surface area contributed by atoms with Crippen molar-refractivity contribution in [1.29, 1.82) is 0 Å². The Bertz CT molecular complexity index is 565. The summed E-state index contributed by atoms with van der Waals surface area (Å²) in [7, 11) is 0. The minimum Gasteiger partial charge on any atom is -0.321 e. The SMILES string of the molecule is CCC(C)C(N)C(=O)c1ccc2ncccc2c1. The van der Waals surface area contributed by atoms with Gasteiger partial charge in [0.05, 0.1) is 11.6 Å². The largest absolute Gasteiger partial charge is 0.321 e. The van der Waals surface area contributed by atoms with E-state index in [-0.39, 0.29) is 11.7 Å². The third kappa shape index (κ3) is 2.41. The first-order chi connectivity index (χ1) is 8.63. The molecule has 0 radical (unpaired) electrons. The summed E-state index contributed by atoms with van der Waals surface area (Å²) in [5, 5.41) is 0.972. The van der Waals surface area contributed by atoms with Crippen LogP contribution in [-0.2, 0) is 0 Å². The van der Waals surface area contributed by atoms with Gasteiger partial charge in [0.2, 0.25) is 0 Å². The highest BCUT2D eigenvalue weighted by molar-refractivity contribution is 6.02. The van der Waals surface area contributed by atoms with Crippen LogP contribution < -0.4 is 5.73 Å². The monoisotopic (exact) mass is 242 g/mol. The molecule has 0 amide bonds. The Labute approximate surface area is 107 Å². The summed E-state index contributed by atoms with van der Waals surface area (Å²) in [5.41, 5.74) is 7.55. The van der Waals surface area contributed by atoms with Gasteiger partial charge >= 0.3 is 0 Å². The number of rotatable bonds is 4. The van der Waals surface area contributed by atoms with Crippen molar-refractivity contribution in [3.05, 3.63) is 42.1 Å². The number of nitrogens with two attached hydrogens (primary N) is 1. The average molecular weight is 242 g/mol. The Hall–Kier alpha value is -1.74. The number of ketones is 1. The molecule has 0 saturated heterocycles. The molecule has 1 heterocycles. The molecule has 0 saturated carbocycles. The Kier molecular flexibility index (Phi) is 3.72. The van der Waals surface area contributed by atoms with Crippen molar-refractivity contribution in [3.63, 3.8) is 0 Å². The minimum absolute atomic E-state index is 0.00935. The van der Waals surface area contributed by atoms with Crippen LogP contribution >= 0.6 is 0 Å². The van der Waals surface area contributed by atoms with E-state index < -0.39 is 6.04 Å². The highest BCUT2D eigenvalue weighted by Crippen LogP contribution is 2.17. The van der Waals surface area contributed by atoms with Crippen LogP contribution in [0.2, 0.25) is 0 Å². The molecule has 0 aliphatic heterocycles. The van der Waals surface area contributed by atoms with Gasteiger partial charge in [0.1, 0.15) is 0 Å². The Morgan fingerprint density at radius 2 is 2.17 bits per heavy atom. The number of hydrogen-bond acceptors (Lipinski definition) is 3. The summed E-state index contributed by atoms with van der Waals surface area (Å²) < 4.78 is 0. The second-order valence-electron chi connectivity index (χ2n) is 4.69. The molecule has 2 atom stereocenters. The van der Waals surface area contributed by atoms with E-state index in [2.05, 4.69) is 4.98 Å². The summed E-state index contributed by atoms with van der Waals surface area (Å²) in [6, 6.07) is 8.93. The zero-order valence-electron chi connectivity index (χ0n) is 10.8. The van der Waals surface area contributed by atoms with Gasteiger partial charge in [0.25, 0.3) is 0 Å². The molecule has 2 rings (SSSR count). The van der Waals surface area contributed by atoms with Gasteiger partial charge in [-0.1, -0.05) is 26.3 Å². The van der Waals surface area contributed by atoms with E-state index in [0.717, 1.165) is 17.3 Å². The van der Waals surface area contributed by atoms with Crippen molar-refractivity contribution in [2.45, 2.75) is 26.3 Å². The Morgan fingerprint density at radius 3 is 2.89 bits per heavy atom. The average Bonchev–Trinajstić information content (AvgIpc) is 2.44. The molecular formula is C15H18N2O. The van der Waals surface area contributed by atoms with Crippen molar-refractivity contribution in [2.24, 2.45) is 11.7 Å². The van der Waals surface area contributed by atoms with Crippen molar-refractivity contribution >= 4 is 16.7 Å². The summed E-state index contributed by atoms with van der Waals surface area (Å²) in [4.78, 5) is 16.5. The van der Waals surface area contributed by atoms with Gasteiger partial charge in [-0.2, -0.15) is 0 Å². The van der Waals surface area contributed by atoms with Gasteiger partial charge in [0, 0.05) is 17.1 Å². The fourth-order valence-electron chi connectivity index (χ4n) is 1.93. The van der Waals surface area contributed by atoms with Crippen LogP contribution in [0.15, 0.2) is 36.5 Å². The number of hydrogen-bond donors (Lipinski definition) is 1. The molecule has 94 valence electrons. The van der Waals surface area contributed by atoms with Gasteiger partial charge in [-0.05, 0) is 30.2 Å². The van der Waals surface area contributed by atoms with Gasteiger partial charge in [-0.15, -0.1) is 0 Å². The standard InChI is InChI=1S/C15H18N2O/c1-3-10(2)14(16)15(18)12-6-7-13-11(9-12)5-4-8-17-13/h4-10,14H,3,16H2,1-2H3. The van der Waals surface area contributed by atoms with Gasteiger partial charge in [-0.25, -0.2) is 0 Å². The van der Waals surface area contributed by atoms with Crippen molar-refractivity contribution in [1.82, 2.24) is 4.98 Å². The number of carbonyl (C=O) groups excluding carboxylic acids is 1. The summed E-state index contributed by atoms with van der Waals surface area (Å²) in [5.74, 6) is 0.206. The molecule has 1 aromatic carbocycles. The molecular weight excluding hydrogens is 224 g/mol. The van der Waals surface area contributed by atoms with Crippen LogP contribution in [0.5, 0.6) is 0 Å². The summed E-state index contributed by atoms with van der Waals surface area (Å²) in [6.07, 6.45) is 2.65. The number of carbonyl (C=O) groups is 1. The topological polar surface area (TPSA) is 56.0 Å². The van der Waals surface area contributed by atoms with Crippen molar-refractivity contribution < 1.29 is 4.79 Å². The van der Waals surface area contributed by atoms with Gasteiger partial charge < -0.3 is 5.73 Å².